The number of hydrogen-bond acceptors (Lipinski definition) is 2. The number of rotatable bonds is 0. The van der Waals surface area contributed by atoms with E-state index in [4.69, 9.17) is 4.74 Å². The summed E-state index contributed by atoms with van der Waals surface area (Å²) in [7, 11) is 6.32. The Morgan fingerprint density at radius 1 is 0.680 bits per heavy atom. The van der Waals surface area contributed by atoms with Crippen molar-refractivity contribution in [2.24, 2.45) is 14.1 Å². The van der Waals surface area contributed by atoms with Gasteiger partial charge in [0.25, 0.3) is 22.1 Å². The number of fused-ring (bicyclic) bond motifs is 4. The fraction of sp³-hybridized carbons (Fsp3) is 0.143. The normalized spacial score (nSPS) is 12.8. The third-order valence-electron chi connectivity index (χ3n) is 5.19. The molecule has 1 aliphatic rings. The number of aromatic nitrogens is 2. The van der Waals surface area contributed by atoms with Crippen LogP contribution in [0.5, 0.6) is 11.5 Å². The molecule has 0 fully saturated rings. The van der Waals surface area contributed by atoms with Crippen molar-refractivity contribution < 1.29 is 13.9 Å². The lowest BCUT2D eigenvalue weighted by molar-refractivity contribution is -0.658. The van der Waals surface area contributed by atoms with E-state index in [0.29, 0.717) is 0 Å². The molecule has 25 heavy (non-hydrogen) atoms. The van der Waals surface area contributed by atoms with Crippen LogP contribution in [0.1, 0.15) is 0 Å². The van der Waals surface area contributed by atoms with Crippen LogP contribution in [0.4, 0.5) is 11.4 Å². The molecule has 5 rings (SSSR count). The largest absolute Gasteiger partial charge is 0.453 e. The first-order valence-electron chi connectivity index (χ1n) is 8.40. The van der Waals surface area contributed by atoms with Crippen molar-refractivity contribution >= 4 is 33.4 Å². The van der Waals surface area contributed by atoms with Gasteiger partial charge < -0.3 is 9.64 Å². The average Bonchev–Trinajstić information content (AvgIpc) is 2.65. The molecule has 0 unspecified atom stereocenters. The zero-order chi connectivity index (χ0) is 17.1. The number of aryl methyl sites for hydroxylation is 2. The number of para-hydroxylation sites is 4. The van der Waals surface area contributed by atoms with E-state index in [1.165, 1.54) is 16.6 Å². The number of hydrogen-bond donors (Lipinski definition) is 0. The highest BCUT2D eigenvalue weighted by atomic mass is 16.5. The fourth-order valence-electron chi connectivity index (χ4n) is 3.79. The van der Waals surface area contributed by atoms with Crippen molar-refractivity contribution in [2.45, 2.75) is 0 Å². The molecule has 2 heterocycles. The van der Waals surface area contributed by atoms with Crippen LogP contribution < -0.4 is 18.8 Å². The van der Waals surface area contributed by atoms with E-state index in [1.807, 2.05) is 18.2 Å². The molecule has 122 valence electrons. The highest BCUT2D eigenvalue weighted by Crippen LogP contribution is 2.46. The maximum atomic E-state index is 6.20. The molecule has 0 spiro atoms. The lowest BCUT2D eigenvalue weighted by Crippen LogP contribution is -2.41. The number of ether oxygens (including phenoxy) is 1. The molecule has 4 heteroatoms. The highest BCUT2D eigenvalue weighted by molar-refractivity contribution is 5.87. The molecule has 1 aliphatic heterocycles. The minimum atomic E-state index is 0.889. The number of anilines is 2. The predicted octanol–water partition coefficient (Wildman–Crippen LogP) is 3.52. The Morgan fingerprint density at radius 3 is 2.00 bits per heavy atom. The molecular formula is C21H19N3O+2. The van der Waals surface area contributed by atoms with Crippen molar-refractivity contribution in [3.05, 3.63) is 60.7 Å². The lowest BCUT2D eigenvalue weighted by Gasteiger charge is -2.29. The van der Waals surface area contributed by atoms with Crippen molar-refractivity contribution in [3.63, 3.8) is 0 Å². The van der Waals surface area contributed by atoms with Crippen molar-refractivity contribution in [2.75, 3.05) is 11.9 Å². The SMILES string of the molecule is CN1c2ccccc2Oc2cc3c(cc21)[n+](C)c1ccccc1[n+]3C. The van der Waals surface area contributed by atoms with E-state index in [1.54, 1.807) is 0 Å². The third-order valence-corrected chi connectivity index (χ3v) is 5.19. The molecule has 0 aliphatic carbocycles. The third kappa shape index (κ3) is 1.88. The van der Waals surface area contributed by atoms with Gasteiger partial charge in [-0.05, 0) is 12.1 Å². The Morgan fingerprint density at radius 2 is 1.28 bits per heavy atom. The second-order valence-corrected chi connectivity index (χ2v) is 6.54. The van der Waals surface area contributed by atoms with Crippen LogP contribution in [0.3, 0.4) is 0 Å². The van der Waals surface area contributed by atoms with Crippen LogP contribution in [-0.2, 0) is 14.1 Å². The Labute approximate surface area is 146 Å². The molecule has 0 saturated carbocycles. The summed E-state index contributed by atoms with van der Waals surface area (Å²) in [6.07, 6.45) is 0. The van der Waals surface area contributed by atoms with Crippen molar-refractivity contribution in [3.8, 4) is 11.5 Å². The van der Waals surface area contributed by atoms with Gasteiger partial charge in [0, 0.05) is 25.2 Å². The van der Waals surface area contributed by atoms with Gasteiger partial charge in [0.1, 0.15) is 14.1 Å². The van der Waals surface area contributed by atoms with Crippen molar-refractivity contribution in [1.82, 2.24) is 0 Å². The van der Waals surface area contributed by atoms with Crippen LogP contribution >= 0.6 is 0 Å². The molecule has 1 aromatic heterocycles. The van der Waals surface area contributed by atoms with Gasteiger partial charge in [-0.15, -0.1) is 0 Å². The summed E-state index contributed by atoms with van der Waals surface area (Å²) in [6, 6.07) is 21.0. The van der Waals surface area contributed by atoms with Crippen molar-refractivity contribution in [1.29, 1.82) is 0 Å². The van der Waals surface area contributed by atoms with E-state index in [0.717, 1.165) is 28.4 Å². The average molecular weight is 329 g/mol. The maximum absolute atomic E-state index is 6.20. The Hall–Kier alpha value is -3.14. The van der Waals surface area contributed by atoms with Gasteiger partial charge in [0.15, 0.2) is 11.5 Å². The number of benzene rings is 3. The standard InChI is InChI=1S/C21H19N3O/c1-22-14-8-4-5-9-15(14)23(2)18-13-21-19(12-17(18)22)24(3)16-10-6-7-11-20(16)25-21/h4-13H,1-3H3/q+2. The number of nitrogens with zero attached hydrogens (tertiary/aromatic N) is 3. The Balaban J connectivity index is 1.86. The molecule has 3 aromatic carbocycles. The molecular weight excluding hydrogens is 310 g/mol. The quantitative estimate of drug-likeness (QED) is 0.363. The van der Waals surface area contributed by atoms with Gasteiger partial charge >= 0.3 is 0 Å². The summed E-state index contributed by atoms with van der Waals surface area (Å²) < 4.78 is 10.7. The van der Waals surface area contributed by atoms with E-state index in [-0.39, 0.29) is 0 Å². The Bertz CT molecular complexity index is 1170. The first kappa shape index (κ1) is 14.2. The Kier molecular flexibility index (Phi) is 2.80. The van der Waals surface area contributed by atoms with E-state index < -0.39 is 0 Å². The summed E-state index contributed by atoms with van der Waals surface area (Å²) in [5, 5.41) is 0. The minimum Gasteiger partial charge on any atom is -0.453 e. The van der Waals surface area contributed by atoms with Crippen LogP contribution in [0.25, 0.3) is 22.1 Å². The first-order valence-corrected chi connectivity index (χ1v) is 8.40. The van der Waals surface area contributed by atoms with Gasteiger partial charge in [0.2, 0.25) is 0 Å². The highest BCUT2D eigenvalue weighted by Gasteiger charge is 2.29. The summed E-state index contributed by atoms with van der Waals surface area (Å²) >= 11 is 0. The molecule has 4 nitrogen and oxygen atoms in total. The molecule has 4 aromatic rings. The van der Waals surface area contributed by atoms with Gasteiger partial charge in [-0.2, -0.15) is 9.13 Å². The summed E-state index contributed by atoms with van der Waals surface area (Å²) in [6.45, 7) is 0. The topological polar surface area (TPSA) is 20.2 Å². The summed E-state index contributed by atoms with van der Waals surface area (Å²) in [5.41, 5.74) is 6.89. The van der Waals surface area contributed by atoms with E-state index in [2.05, 4.69) is 77.6 Å². The first-order chi connectivity index (χ1) is 12.1. The molecule has 0 bridgehead atoms. The predicted molar refractivity (Wildman–Crippen MR) is 98.4 cm³/mol. The molecule has 0 saturated heterocycles. The summed E-state index contributed by atoms with van der Waals surface area (Å²) in [5.74, 6) is 1.78. The fourth-order valence-corrected chi connectivity index (χ4v) is 3.79. The summed E-state index contributed by atoms with van der Waals surface area (Å²) in [4.78, 5) is 2.20. The second-order valence-electron chi connectivity index (χ2n) is 6.54. The van der Waals surface area contributed by atoms with Crippen LogP contribution in [-0.4, -0.2) is 7.05 Å². The smallest absolute Gasteiger partial charge is 0.281 e. The molecule has 0 amide bonds. The zero-order valence-corrected chi connectivity index (χ0v) is 14.5. The molecule has 0 N–H and O–H groups in total. The van der Waals surface area contributed by atoms with Gasteiger partial charge in [-0.1, -0.05) is 24.3 Å². The van der Waals surface area contributed by atoms with Crippen LogP contribution in [0.2, 0.25) is 0 Å². The molecule has 0 atom stereocenters. The lowest BCUT2D eigenvalue weighted by atomic mass is 10.1. The second kappa shape index (κ2) is 4.93. The van der Waals surface area contributed by atoms with E-state index in [9.17, 15) is 0 Å². The van der Waals surface area contributed by atoms with Gasteiger partial charge in [-0.3, -0.25) is 0 Å². The monoisotopic (exact) mass is 329 g/mol. The minimum absolute atomic E-state index is 0.889. The molecule has 0 radical (unpaired) electrons. The van der Waals surface area contributed by atoms with Crippen LogP contribution in [0.15, 0.2) is 60.7 Å². The van der Waals surface area contributed by atoms with Gasteiger partial charge in [-0.25, -0.2) is 0 Å². The van der Waals surface area contributed by atoms with Gasteiger partial charge in [0.05, 0.1) is 17.4 Å². The van der Waals surface area contributed by atoms with Crippen LogP contribution in [0, 0.1) is 0 Å². The maximum Gasteiger partial charge on any atom is 0.281 e. The van der Waals surface area contributed by atoms with E-state index >= 15 is 0 Å². The zero-order valence-electron chi connectivity index (χ0n) is 14.5.